The summed E-state index contributed by atoms with van der Waals surface area (Å²) in [6.45, 7) is 5.41. The van der Waals surface area contributed by atoms with E-state index in [1.807, 2.05) is 42.6 Å². The zero-order chi connectivity index (χ0) is 15.7. The number of aromatic nitrogens is 2. The number of carbonyl (C=O) groups excluding carboxylic acids is 2. The first-order chi connectivity index (χ1) is 10.6. The summed E-state index contributed by atoms with van der Waals surface area (Å²) in [5.41, 5.74) is 1.07. The number of fused-ring (bicyclic) bond motifs is 1. The first-order valence-corrected chi connectivity index (χ1v) is 7.48. The topological polar surface area (TPSA) is 63.9 Å². The summed E-state index contributed by atoms with van der Waals surface area (Å²) < 4.78 is 7.24. The molecule has 0 aliphatic carbocycles. The van der Waals surface area contributed by atoms with Gasteiger partial charge in [0.15, 0.2) is 5.69 Å². The Labute approximate surface area is 128 Å². The summed E-state index contributed by atoms with van der Waals surface area (Å²) in [4.78, 5) is 30.0. The first kappa shape index (κ1) is 14.6. The average molecular weight is 301 g/mol. The van der Waals surface area contributed by atoms with Crippen LogP contribution in [0.15, 0.2) is 24.4 Å². The third-order valence-corrected chi connectivity index (χ3v) is 4.04. The van der Waals surface area contributed by atoms with Crippen LogP contribution in [0.25, 0.3) is 5.52 Å². The third kappa shape index (κ3) is 2.56. The standard InChI is InChI=1S/C16H19N3O3/c1-3-18-9-12(8-14(18)20)10-22-16(21)15-13-6-4-5-7-19(13)11(2)17-15/h4-7,12H,3,8-10H2,1-2H3. The number of esters is 1. The van der Waals surface area contributed by atoms with Crippen LogP contribution in [0.5, 0.6) is 0 Å². The maximum absolute atomic E-state index is 12.3. The summed E-state index contributed by atoms with van der Waals surface area (Å²) >= 11 is 0. The van der Waals surface area contributed by atoms with Gasteiger partial charge in [-0.3, -0.25) is 4.79 Å². The molecule has 0 N–H and O–H groups in total. The van der Waals surface area contributed by atoms with E-state index in [2.05, 4.69) is 4.98 Å². The SMILES string of the molecule is CCN1CC(COC(=O)c2nc(C)n3ccccc23)CC1=O. The van der Waals surface area contributed by atoms with Gasteiger partial charge in [0.25, 0.3) is 0 Å². The van der Waals surface area contributed by atoms with Crippen molar-refractivity contribution in [3.05, 3.63) is 35.9 Å². The number of rotatable bonds is 4. The lowest BCUT2D eigenvalue weighted by atomic mass is 10.1. The highest BCUT2D eigenvalue weighted by molar-refractivity contribution is 5.95. The van der Waals surface area contributed by atoms with Gasteiger partial charge in [0.2, 0.25) is 5.91 Å². The number of hydrogen-bond acceptors (Lipinski definition) is 4. The molecule has 1 atom stereocenters. The van der Waals surface area contributed by atoms with E-state index in [4.69, 9.17) is 4.74 Å². The predicted octanol–water partition coefficient (Wildman–Crippen LogP) is 1.67. The van der Waals surface area contributed by atoms with E-state index >= 15 is 0 Å². The fourth-order valence-corrected chi connectivity index (χ4v) is 2.87. The normalized spacial score (nSPS) is 18.2. The highest BCUT2D eigenvalue weighted by Crippen LogP contribution is 2.19. The second kappa shape index (κ2) is 5.79. The average Bonchev–Trinajstić information content (AvgIpc) is 3.06. The third-order valence-electron chi connectivity index (χ3n) is 4.04. The van der Waals surface area contributed by atoms with Crippen molar-refractivity contribution in [2.45, 2.75) is 20.3 Å². The van der Waals surface area contributed by atoms with Crippen LogP contribution in [0.1, 0.15) is 29.7 Å². The van der Waals surface area contributed by atoms with Gasteiger partial charge in [-0.25, -0.2) is 9.78 Å². The van der Waals surface area contributed by atoms with Crippen molar-refractivity contribution in [1.29, 1.82) is 0 Å². The summed E-state index contributed by atoms with van der Waals surface area (Å²) in [6, 6.07) is 5.59. The van der Waals surface area contributed by atoms with Crippen LogP contribution in [-0.4, -0.2) is 45.9 Å². The molecule has 1 fully saturated rings. The van der Waals surface area contributed by atoms with E-state index in [0.29, 0.717) is 25.2 Å². The van der Waals surface area contributed by atoms with Gasteiger partial charge in [0.05, 0.1) is 12.1 Å². The summed E-state index contributed by atoms with van der Waals surface area (Å²) in [6.07, 6.45) is 2.31. The maximum atomic E-state index is 12.3. The lowest BCUT2D eigenvalue weighted by Crippen LogP contribution is -2.25. The Bertz CT molecular complexity index is 722. The van der Waals surface area contributed by atoms with Crippen molar-refractivity contribution in [3.8, 4) is 0 Å². The Morgan fingerprint density at radius 1 is 1.45 bits per heavy atom. The Kier molecular flexibility index (Phi) is 3.83. The monoisotopic (exact) mass is 301 g/mol. The number of pyridine rings is 1. The van der Waals surface area contributed by atoms with Crippen molar-refractivity contribution >= 4 is 17.4 Å². The van der Waals surface area contributed by atoms with E-state index in [-0.39, 0.29) is 18.4 Å². The summed E-state index contributed by atoms with van der Waals surface area (Å²) in [7, 11) is 0. The molecule has 6 heteroatoms. The number of carbonyl (C=O) groups is 2. The minimum Gasteiger partial charge on any atom is -0.461 e. The van der Waals surface area contributed by atoms with Crippen molar-refractivity contribution in [2.75, 3.05) is 19.7 Å². The molecular weight excluding hydrogens is 282 g/mol. The Morgan fingerprint density at radius 3 is 3.00 bits per heavy atom. The zero-order valence-corrected chi connectivity index (χ0v) is 12.8. The number of ether oxygens (including phenoxy) is 1. The van der Waals surface area contributed by atoms with Gasteiger partial charge >= 0.3 is 5.97 Å². The van der Waals surface area contributed by atoms with E-state index in [9.17, 15) is 9.59 Å². The molecule has 1 unspecified atom stereocenters. The van der Waals surface area contributed by atoms with E-state index in [1.165, 1.54) is 0 Å². The molecule has 2 aromatic rings. The molecule has 1 saturated heterocycles. The Hall–Kier alpha value is -2.37. The molecule has 1 amide bonds. The molecule has 0 bridgehead atoms. The number of nitrogens with zero attached hydrogens (tertiary/aromatic N) is 3. The fraction of sp³-hybridized carbons (Fsp3) is 0.438. The molecule has 2 aromatic heterocycles. The molecule has 22 heavy (non-hydrogen) atoms. The van der Waals surface area contributed by atoms with Crippen molar-refractivity contribution in [1.82, 2.24) is 14.3 Å². The molecule has 1 aliphatic rings. The minimum atomic E-state index is -0.431. The van der Waals surface area contributed by atoms with Crippen LogP contribution >= 0.6 is 0 Å². The molecule has 3 heterocycles. The van der Waals surface area contributed by atoms with Crippen LogP contribution < -0.4 is 0 Å². The second-order valence-electron chi connectivity index (χ2n) is 5.56. The van der Waals surface area contributed by atoms with Gasteiger partial charge in [-0.15, -0.1) is 0 Å². The van der Waals surface area contributed by atoms with Gasteiger partial charge in [-0.2, -0.15) is 0 Å². The first-order valence-electron chi connectivity index (χ1n) is 7.48. The van der Waals surface area contributed by atoms with Crippen LogP contribution in [-0.2, 0) is 9.53 Å². The summed E-state index contributed by atoms with van der Waals surface area (Å²) in [5.74, 6) is 0.521. The van der Waals surface area contributed by atoms with Crippen LogP contribution in [0.3, 0.4) is 0 Å². The molecule has 6 nitrogen and oxygen atoms in total. The van der Waals surface area contributed by atoms with Crippen molar-refractivity contribution in [3.63, 3.8) is 0 Å². The van der Waals surface area contributed by atoms with Crippen molar-refractivity contribution < 1.29 is 14.3 Å². The number of amides is 1. The van der Waals surface area contributed by atoms with Gasteiger partial charge in [-0.1, -0.05) is 6.07 Å². The largest absolute Gasteiger partial charge is 0.461 e. The zero-order valence-electron chi connectivity index (χ0n) is 12.8. The minimum absolute atomic E-state index is 0.0753. The molecule has 0 aromatic carbocycles. The van der Waals surface area contributed by atoms with Crippen LogP contribution in [0, 0.1) is 12.8 Å². The molecular formula is C16H19N3O3. The lowest BCUT2D eigenvalue weighted by molar-refractivity contribution is -0.127. The number of hydrogen-bond donors (Lipinski definition) is 0. The van der Waals surface area contributed by atoms with Crippen LogP contribution in [0.2, 0.25) is 0 Å². The summed E-state index contributed by atoms with van der Waals surface area (Å²) in [5, 5.41) is 0. The molecule has 116 valence electrons. The lowest BCUT2D eigenvalue weighted by Gasteiger charge is -2.13. The van der Waals surface area contributed by atoms with Crippen LogP contribution in [0.4, 0.5) is 0 Å². The van der Waals surface area contributed by atoms with Gasteiger partial charge in [0, 0.05) is 31.6 Å². The van der Waals surface area contributed by atoms with E-state index in [1.54, 1.807) is 4.90 Å². The number of imidazole rings is 1. The van der Waals surface area contributed by atoms with E-state index < -0.39 is 5.97 Å². The smallest absolute Gasteiger partial charge is 0.359 e. The van der Waals surface area contributed by atoms with Gasteiger partial charge < -0.3 is 14.0 Å². The Morgan fingerprint density at radius 2 is 2.27 bits per heavy atom. The van der Waals surface area contributed by atoms with Gasteiger partial charge in [-0.05, 0) is 26.0 Å². The Balaban J connectivity index is 1.68. The highest BCUT2D eigenvalue weighted by Gasteiger charge is 2.29. The predicted molar refractivity (Wildman–Crippen MR) is 80.6 cm³/mol. The fourth-order valence-electron chi connectivity index (χ4n) is 2.87. The second-order valence-corrected chi connectivity index (χ2v) is 5.56. The van der Waals surface area contributed by atoms with E-state index in [0.717, 1.165) is 11.3 Å². The molecule has 1 aliphatic heterocycles. The number of likely N-dealkylation sites (tertiary alicyclic amines) is 1. The molecule has 0 spiro atoms. The molecule has 0 saturated carbocycles. The highest BCUT2D eigenvalue weighted by atomic mass is 16.5. The molecule has 3 rings (SSSR count). The van der Waals surface area contributed by atoms with Gasteiger partial charge in [0.1, 0.15) is 5.82 Å². The molecule has 0 radical (unpaired) electrons. The quantitative estimate of drug-likeness (QED) is 0.806. The maximum Gasteiger partial charge on any atom is 0.359 e. The van der Waals surface area contributed by atoms with Crippen molar-refractivity contribution in [2.24, 2.45) is 5.92 Å². The number of aryl methyl sites for hydroxylation is 1.